The number of hydrogen-bond donors (Lipinski definition) is 3. The van der Waals surface area contributed by atoms with E-state index in [1.807, 2.05) is 26.0 Å². The maximum absolute atomic E-state index is 12.1. The van der Waals surface area contributed by atoms with Crippen LogP contribution in [0.25, 0.3) is 0 Å². The second-order valence-electron chi connectivity index (χ2n) is 6.08. The standard InChI is InChI=1S/C18H21N3O4S/c1-11-4-5-12(2)16(10-11)21-18(23)17(22)20-13(3)14-6-8-15(9-7-14)26(19,24)25/h4-10,13H,1-3H3,(H,20,22)(H,21,23)(H2,19,24,25). The summed E-state index contributed by atoms with van der Waals surface area (Å²) in [4.78, 5) is 24.2. The van der Waals surface area contributed by atoms with Gasteiger partial charge in [0, 0.05) is 5.69 Å². The number of nitrogens with one attached hydrogen (secondary N) is 2. The van der Waals surface area contributed by atoms with Crippen molar-refractivity contribution in [2.45, 2.75) is 31.7 Å². The molecule has 0 fully saturated rings. The maximum atomic E-state index is 12.1. The lowest BCUT2D eigenvalue weighted by atomic mass is 10.1. The zero-order chi connectivity index (χ0) is 19.5. The fourth-order valence-corrected chi connectivity index (χ4v) is 2.86. The fraction of sp³-hybridized carbons (Fsp3) is 0.222. The van der Waals surface area contributed by atoms with Crippen molar-refractivity contribution in [3.63, 3.8) is 0 Å². The van der Waals surface area contributed by atoms with Crippen LogP contribution in [0.2, 0.25) is 0 Å². The summed E-state index contributed by atoms with van der Waals surface area (Å²) in [6.45, 7) is 5.42. The normalized spacial score (nSPS) is 12.3. The molecule has 1 unspecified atom stereocenters. The molecule has 0 saturated carbocycles. The smallest absolute Gasteiger partial charge is 0.313 e. The summed E-state index contributed by atoms with van der Waals surface area (Å²) in [7, 11) is -3.78. The molecule has 0 spiro atoms. The summed E-state index contributed by atoms with van der Waals surface area (Å²) < 4.78 is 22.5. The highest BCUT2D eigenvalue weighted by molar-refractivity contribution is 7.89. The summed E-state index contributed by atoms with van der Waals surface area (Å²) in [5.74, 6) is -1.55. The molecule has 0 aliphatic rings. The number of rotatable bonds is 4. The van der Waals surface area contributed by atoms with Crippen LogP contribution >= 0.6 is 0 Å². The molecular formula is C18H21N3O4S. The average Bonchev–Trinajstić information content (AvgIpc) is 2.57. The number of amides is 2. The first kappa shape index (κ1) is 19.6. The van der Waals surface area contributed by atoms with E-state index in [-0.39, 0.29) is 4.90 Å². The van der Waals surface area contributed by atoms with E-state index in [1.54, 1.807) is 13.0 Å². The van der Waals surface area contributed by atoms with Crippen molar-refractivity contribution in [1.82, 2.24) is 5.32 Å². The van der Waals surface area contributed by atoms with Gasteiger partial charge in [0.25, 0.3) is 0 Å². The van der Waals surface area contributed by atoms with Crippen LogP contribution in [0.3, 0.4) is 0 Å². The van der Waals surface area contributed by atoms with Gasteiger partial charge < -0.3 is 10.6 Å². The number of sulfonamides is 1. The number of anilines is 1. The van der Waals surface area contributed by atoms with Gasteiger partial charge in [-0.3, -0.25) is 9.59 Å². The molecule has 138 valence electrons. The van der Waals surface area contributed by atoms with Gasteiger partial charge in [0.1, 0.15) is 0 Å². The van der Waals surface area contributed by atoms with Crippen molar-refractivity contribution < 1.29 is 18.0 Å². The van der Waals surface area contributed by atoms with Gasteiger partial charge in [0.05, 0.1) is 10.9 Å². The molecule has 26 heavy (non-hydrogen) atoms. The molecular weight excluding hydrogens is 354 g/mol. The molecule has 0 aromatic heterocycles. The number of benzene rings is 2. The van der Waals surface area contributed by atoms with E-state index in [0.29, 0.717) is 11.3 Å². The molecule has 0 aliphatic heterocycles. The Morgan fingerprint density at radius 1 is 1.00 bits per heavy atom. The third-order valence-electron chi connectivity index (χ3n) is 3.90. The largest absolute Gasteiger partial charge is 0.341 e. The monoisotopic (exact) mass is 375 g/mol. The molecule has 4 N–H and O–H groups in total. The van der Waals surface area contributed by atoms with Gasteiger partial charge in [-0.05, 0) is 55.7 Å². The van der Waals surface area contributed by atoms with E-state index in [9.17, 15) is 18.0 Å². The minimum Gasteiger partial charge on any atom is -0.341 e. The van der Waals surface area contributed by atoms with Gasteiger partial charge >= 0.3 is 11.8 Å². The second-order valence-corrected chi connectivity index (χ2v) is 7.64. The minimum absolute atomic E-state index is 0.0209. The number of carbonyl (C=O) groups excluding carboxylic acids is 2. The summed E-state index contributed by atoms with van der Waals surface area (Å²) in [5.41, 5.74) is 3.04. The molecule has 0 saturated heterocycles. The summed E-state index contributed by atoms with van der Waals surface area (Å²) in [6, 6.07) is 10.8. The van der Waals surface area contributed by atoms with Crippen molar-refractivity contribution in [2.24, 2.45) is 5.14 Å². The summed E-state index contributed by atoms with van der Waals surface area (Å²) >= 11 is 0. The first-order chi connectivity index (χ1) is 12.1. The number of carbonyl (C=O) groups is 2. The quantitative estimate of drug-likeness (QED) is 0.706. The summed E-state index contributed by atoms with van der Waals surface area (Å²) in [6.07, 6.45) is 0. The van der Waals surface area contributed by atoms with Gasteiger partial charge in [-0.1, -0.05) is 24.3 Å². The van der Waals surface area contributed by atoms with Crippen molar-refractivity contribution in [3.8, 4) is 0 Å². The predicted molar refractivity (Wildman–Crippen MR) is 98.9 cm³/mol. The van der Waals surface area contributed by atoms with Crippen LogP contribution in [-0.2, 0) is 19.6 Å². The maximum Gasteiger partial charge on any atom is 0.313 e. The molecule has 0 radical (unpaired) electrons. The number of primary sulfonamides is 1. The Morgan fingerprint density at radius 3 is 2.19 bits per heavy atom. The van der Waals surface area contributed by atoms with Crippen molar-refractivity contribution >= 4 is 27.5 Å². The third kappa shape index (κ3) is 4.90. The van der Waals surface area contributed by atoms with E-state index in [2.05, 4.69) is 10.6 Å². The zero-order valence-corrected chi connectivity index (χ0v) is 15.6. The van der Waals surface area contributed by atoms with E-state index < -0.39 is 27.9 Å². The molecule has 2 rings (SSSR count). The minimum atomic E-state index is -3.78. The first-order valence-electron chi connectivity index (χ1n) is 7.90. The van der Waals surface area contributed by atoms with E-state index in [4.69, 9.17) is 5.14 Å². The molecule has 2 aromatic rings. The van der Waals surface area contributed by atoms with Crippen LogP contribution in [0.15, 0.2) is 47.4 Å². The highest BCUT2D eigenvalue weighted by Crippen LogP contribution is 2.17. The summed E-state index contributed by atoms with van der Waals surface area (Å²) in [5, 5.41) is 10.2. The average molecular weight is 375 g/mol. The predicted octanol–water partition coefficient (Wildman–Crippen LogP) is 1.77. The van der Waals surface area contributed by atoms with Crippen LogP contribution < -0.4 is 15.8 Å². The number of hydrogen-bond acceptors (Lipinski definition) is 4. The Morgan fingerprint density at radius 2 is 1.62 bits per heavy atom. The molecule has 1 atom stereocenters. The second kappa shape index (κ2) is 7.67. The molecule has 0 aliphatic carbocycles. The van der Waals surface area contributed by atoms with Crippen LogP contribution in [0, 0.1) is 13.8 Å². The number of aryl methyl sites for hydroxylation is 2. The molecule has 0 heterocycles. The highest BCUT2D eigenvalue weighted by atomic mass is 32.2. The zero-order valence-electron chi connectivity index (χ0n) is 14.7. The molecule has 2 amide bonds. The van der Waals surface area contributed by atoms with E-state index in [0.717, 1.165) is 11.1 Å². The van der Waals surface area contributed by atoms with Crippen molar-refractivity contribution in [3.05, 3.63) is 59.2 Å². The lowest BCUT2D eigenvalue weighted by molar-refractivity contribution is -0.136. The van der Waals surface area contributed by atoms with E-state index >= 15 is 0 Å². The Kier molecular flexibility index (Phi) is 5.79. The lowest BCUT2D eigenvalue weighted by Gasteiger charge is -2.15. The Hall–Kier alpha value is -2.71. The Labute approximate surface area is 152 Å². The number of nitrogens with two attached hydrogens (primary N) is 1. The Bertz CT molecular complexity index is 937. The van der Waals surface area contributed by atoms with Crippen LogP contribution in [0.1, 0.15) is 29.7 Å². The SMILES string of the molecule is Cc1ccc(C)c(NC(=O)C(=O)NC(C)c2ccc(S(N)(=O)=O)cc2)c1. The van der Waals surface area contributed by atoms with Crippen LogP contribution in [-0.4, -0.2) is 20.2 Å². The molecule has 0 bridgehead atoms. The van der Waals surface area contributed by atoms with Gasteiger partial charge in [0.15, 0.2) is 0 Å². The topological polar surface area (TPSA) is 118 Å². The molecule has 7 nitrogen and oxygen atoms in total. The van der Waals surface area contributed by atoms with E-state index in [1.165, 1.54) is 24.3 Å². The highest BCUT2D eigenvalue weighted by Gasteiger charge is 2.18. The van der Waals surface area contributed by atoms with Crippen molar-refractivity contribution in [1.29, 1.82) is 0 Å². The van der Waals surface area contributed by atoms with Crippen LogP contribution in [0.4, 0.5) is 5.69 Å². The van der Waals surface area contributed by atoms with Crippen molar-refractivity contribution in [2.75, 3.05) is 5.32 Å². The first-order valence-corrected chi connectivity index (χ1v) is 9.44. The molecule has 2 aromatic carbocycles. The Balaban J connectivity index is 2.04. The van der Waals surface area contributed by atoms with Gasteiger partial charge in [0.2, 0.25) is 10.0 Å². The van der Waals surface area contributed by atoms with Gasteiger partial charge in [-0.25, -0.2) is 13.6 Å². The lowest BCUT2D eigenvalue weighted by Crippen LogP contribution is -2.37. The third-order valence-corrected chi connectivity index (χ3v) is 4.83. The molecule has 8 heteroatoms. The van der Waals surface area contributed by atoms with Crippen LogP contribution in [0.5, 0.6) is 0 Å². The fourth-order valence-electron chi connectivity index (χ4n) is 2.34. The van der Waals surface area contributed by atoms with Gasteiger partial charge in [-0.15, -0.1) is 0 Å². The van der Waals surface area contributed by atoms with Gasteiger partial charge in [-0.2, -0.15) is 0 Å².